The maximum Gasteiger partial charge on any atom is 0.293 e. The molecule has 0 unspecified atom stereocenters. The van der Waals surface area contributed by atoms with Crippen molar-refractivity contribution < 1.29 is 4.79 Å². The molecule has 2 aromatic heterocycles. The van der Waals surface area contributed by atoms with Crippen LogP contribution in [0.1, 0.15) is 10.6 Å². The highest BCUT2D eigenvalue weighted by Gasteiger charge is 2.26. The van der Waals surface area contributed by atoms with Gasteiger partial charge in [-0.3, -0.25) is 4.79 Å². The number of amides is 1. The summed E-state index contributed by atoms with van der Waals surface area (Å²) in [4.78, 5) is 17.3. The normalized spacial score (nSPS) is 16.0. The van der Waals surface area contributed by atoms with Crippen LogP contribution in [0.15, 0.2) is 24.3 Å². The van der Waals surface area contributed by atoms with Gasteiger partial charge in [0.25, 0.3) is 5.91 Å². The molecule has 7 nitrogen and oxygen atoms in total. The first kappa shape index (κ1) is 15.5. The average Bonchev–Trinajstić information content (AvgIpc) is 3.16. The molecule has 1 fully saturated rings. The highest BCUT2D eigenvalue weighted by Crippen LogP contribution is 2.26. The Bertz CT molecular complexity index is 881. The highest BCUT2D eigenvalue weighted by atomic mass is 35.5. The zero-order valence-corrected chi connectivity index (χ0v) is 14.6. The Kier molecular flexibility index (Phi) is 3.95. The van der Waals surface area contributed by atoms with Crippen LogP contribution in [0.25, 0.3) is 15.5 Å². The number of benzene rings is 1. The number of hydrogen-bond donors (Lipinski definition) is 0. The number of fused-ring (bicyclic) bond motifs is 1. The van der Waals surface area contributed by atoms with Gasteiger partial charge in [-0.2, -0.15) is 9.61 Å². The van der Waals surface area contributed by atoms with E-state index < -0.39 is 0 Å². The summed E-state index contributed by atoms with van der Waals surface area (Å²) in [5.74, 6) is 0.148. The predicted molar refractivity (Wildman–Crippen MR) is 92.5 cm³/mol. The van der Waals surface area contributed by atoms with Crippen LogP contribution < -0.4 is 0 Å². The molecule has 3 aromatic rings. The van der Waals surface area contributed by atoms with E-state index in [0.29, 0.717) is 23.1 Å². The lowest BCUT2D eigenvalue weighted by molar-refractivity contribution is 0.0649. The van der Waals surface area contributed by atoms with Gasteiger partial charge < -0.3 is 9.80 Å². The maximum absolute atomic E-state index is 12.7. The fourth-order valence-corrected chi connectivity index (χ4v) is 3.58. The fourth-order valence-electron chi connectivity index (χ4n) is 2.61. The third-order valence-electron chi connectivity index (χ3n) is 4.06. The van der Waals surface area contributed by atoms with Gasteiger partial charge in [-0.15, -0.1) is 10.2 Å². The fraction of sp³-hybridized carbons (Fsp3) is 0.333. The third kappa shape index (κ3) is 2.77. The molecule has 1 aliphatic rings. The highest BCUT2D eigenvalue weighted by molar-refractivity contribution is 7.19. The Morgan fingerprint density at radius 3 is 2.54 bits per heavy atom. The monoisotopic (exact) mass is 362 g/mol. The van der Waals surface area contributed by atoms with Crippen molar-refractivity contribution in [3.05, 3.63) is 35.1 Å². The molecule has 1 aliphatic heterocycles. The number of piperazine rings is 1. The molecule has 0 atom stereocenters. The van der Waals surface area contributed by atoms with Crippen molar-refractivity contribution in [2.45, 2.75) is 0 Å². The smallest absolute Gasteiger partial charge is 0.293 e. The van der Waals surface area contributed by atoms with Gasteiger partial charge in [0, 0.05) is 36.8 Å². The van der Waals surface area contributed by atoms with E-state index in [1.54, 1.807) is 4.90 Å². The minimum absolute atomic E-state index is 0.122. The summed E-state index contributed by atoms with van der Waals surface area (Å²) in [6.07, 6.45) is 0. The van der Waals surface area contributed by atoms with E-state index in [1.165, 1.54) is 15.9 Å². The van der Waals surface area contributed by atoms with E-state index in [-0.39, 0.29) is 11.7 Å². The number of likely N-dealkylation sites (N-methyl/N-ethyl adjacent to an activating group) is 1. The Morgan fingerprint density at radius 2 is 1.83 bits per heavy atom. The van der Waals surface area contributed by atoms with Gasteiger partial charge >= 0.3 is 0 Å². The number of carbonyl (C=O) groups is 1. The van der Waals surface area contributed by atoms with Gasteiger partial charge in [0.1, 0.15) is 5.01 Å². The Labute approximate surface area is 147 Å². The lowest BCUT2D eigenvalue weighted by Crippen LogP contribution is -2.47. The standard InChI is InChI=1S/C15H15ClN6OS/c1-20-6-8-21(9-7-20)14(23)12-17-18-15-22(12)19-13(24-15)10-2-4-11(16)5-3-10/h2-5H,6-9H2,1H3. The quantitative estimate of drug-likeness (QED) is 0.696. The lowest BCUT2D eigenvalue weighted by atomic mass is 10.2. The molecule has 0 saturated carbocycles. The van der Waals surface area contributed by atoms with Gasteiger partial charge in [-0.1, -0.05) is 35.1 Å². The molecule has 0 radical (unpaired) electrons. The van der Waals surface area contributed by atoms with Crippen LogP contribution in [0.3, 0.4) is 0 Å². The molecule has 3 heterocycles. The minimum atomic E-state index is -0.122. The molecular weight excluding hydrogens is 348 g/mol. The van der Waals surface area contributed by atoms with Crippen LogP contribution in [-0.4, -0.2) is 68.7 Å². The lowest BCUT2D eigenvalue weighted by Gasteiger charge is -2.31. The molecular formula is C15H15ClN6OS. The summed E-state index contributed by atoms with van der Waals surface area (Å²) in [6, 6.07) is 7.43. The number of carbonyl (C=O) groups excluding carboxylic acids is 1. The number of rotatable bonds is 2. The Hall–Kier alpha value is -2.03. The summed E-state index contributed by atoms with van der Waals surface area (Å²) in [7, 11) is 2.05. The summed E-state index contributed by atoms with van der Waals surface area (Å²) in [5.41, 5.74) is 0.938. The molecule has 4 rings (SSSR count). The largest absolute Gasteiger partial charge is 0.333 e. The van der Waals surface area contributed by atoms with E-state index in [0.717, 1.165) is 23.7 Å². The zero-order valence-electron chi connectivity index (χ0n) is 13.0. The topological polar surface area (TPSA) is 66.6 Å². The van der Waals surface area contributed by atoms with Gasteiger partial charge in [0.2, 0.25) is 10.8 Å². The van der Waals surface area contributed by atoms with Crippen LogP contribution in [0.4, 0.5) is 0 Å². The second kappa shape index (κ2) is 6.12. The van der Waals surface area contributed by atoms with Crippen LogP contribution in [0.5, 0.6) is 0 Å². The average molecular weight is 363 g/mol. The van der Waals surface area contributed by atoms with Crippen LogP contribution in [-0.2, 0) is 0 Å². The minimum Gasteiger partial charge on any atom is -0.333 e. The first-order chi connectivity index (χ1) is 11.6. The molecule has 0 spiro atoms. The van der Waals surface area contributed by atoms with E-state index >= 15 is 0 Å². The van der Waals surface area contributed by atoms with Crippen LogP contribution in [0.2, 0.25) is 5.02 Å². The SMILES string of the molecule is CN1CCN(C(=O)c2nnc3sc(-c4ccc(Cl)cc4)nn23)CC1. The van der Waals surface area contributed by atoms with Crippen molar-refractivity contribution in [3.8, 4) is 10.6 Å². The molecule has 0 N–H and O–H groups in total. The summed E-state index contributed by atoms with van der Waals surface area (Å²) in [6.45, 7) is 3.11. The molecule has 0 aliphatic carbocycles. The van der Waals surface area contributed by atoms with Crippen molar-refractivity contribution in [2.75, 3.05) is 33.2 Å². The molecule has 9 heteroatoms. The number of hydrogen-bond acceptors (Lipinski definition) is 6. The van der Waals surface area contributed by atoms with Gasteiger partial charge in [0.05, 0.1) is 0 Å². The maximum atomic E-state index is 12.7. The number of halogens is 1. The second-order valence-electron chi connectivity index (χ2n) is 5.73. The Morgan fingerprint density at radius 1 is 1.12 bits per heavy atom. The summed E-state index contributed by atoms with van der Waals surface area (Å²) in [5, 5.41) is 14.1. The van der Waals surface area contributed by atoms with E-state index in [2.05, 4.69) is 27.2 Å². The molecule has 124 valence electrons. The molecule has 1 aromatic carbocycles. The molecule has 0 bridgehead atoms. The first-order valence-corrected chi connectivity index (χ1v) is 8.77. The van der Waals surface area contributed by atoms with Crippen molar-refractivity contribution in [3.63, 3.8) is 0 Å². The van der Waals surface area contributed by atoms with Crippen molar-refractivity contribution in [1.82, 2.24) is 29.6 Å². The van der Waals surface area contributed by atoms with Crippen molar-refractivity contribution in [2.24, 2.45) is 0 Å². The zero-order chi connectivity index (χ0) is 16.7. The first-order valence-electron chi connectivity index (χ1n) is 7.58. The van der Waals surface area contributed by atoms with Gasteiger partial charge in [-0.25, -0.2) is 0 Å². The van der Waals surface area contributed by atoms with Gasteiger partial charge in [-0.05, 0) is 19.2 Å². The van der Waals surface area contributed by atoms with Crippen molar-refractivity contribution >= 4 is 33.8 Å². The number of nitrogens with zero attached hydrogens (tertiary/aromatic N) is 6. The van der Waals surface area contributed by atoms with E-state index in [1.807, 2.05) is 24.3 Å². The second-order valence-corrected chi connectivity index (χ2v) is 7.12. The van der Waals surface area contributed by atoms with Crippen LogP contribution in [0, 0.1) is 0 Å². The van der Waals surface area contributed by atoms with E-state index in [4.69, 9.17) is 11.6 Å². The van der Waals surface area contributed by atoms with E-state index in [9.17, 15) is 4.79 Å². The summed E-state index contributed by atoms with van der Waals surface area (Å²) < 4.78 is 1.54. The van der Waals surface area contributed by atoms with Crippen LogP contribution >= 0.6 is 22.9 Å². The predicted octanol–water partition coefficient (Wildman–Crippen LogP) is 1.89. The third-order valence-corrected chi connectivity index (χ3v) is 5.26. The molecule has 1 saturated heterocycles. The Balaban J connectivity index is 1.65. The summed E-state index contributed by atoms with van der Waals surface area (Å²) >= 11 is 7.32. The molecule has 1 amide bonds. The van der Waals surface area contributed by atoms with Crippen molar-refractivity contribution in [1.29, 1.82) is 0 Å². The number of aromatic nitrogens is 4. The molecule has 24 heavy (non-hydrogen) atoms. The van der Waals surface area contributed by atoms with Gasteiger partial charge in [0.15, 0.2) is 0 Å².